The van der Waals surface area contributed by atoms with Crippen LogP contribution in [0.25, 0.3) is 0 Å². The number of rotatable bonds is 6. The summed E-state index contributed by atoms with van der Waals surface area (Å²) in [5.41, 5.74) is 3.99. The Morgan fingerprint density at radius 3 is 2.40 bits per heavy atom. The molecule has 0 heterocycles. The summed E-state index contributed by atoms with van der Waals surface area (Å²) in [7, 11) is 0. The van der Waals surface area contributed by atoms with Gasteiger partial charge in [0.25, 0.3) is 0 Å². The lowest BCUT2D eigenvalue weighted by Crippen LogP contribution is -2.23. The zero-order valence-corrected chi connectivity index (χ0v) is 12.3. The molecule has 2 nitrogen and oxygen atoms in total. The molecule has 2 rings (SSSR count). The summed E-state index contributed by atoms with van der Waals surface area (Å²) in [6.45, 7) is 5.30. The zero-order chi connectivity index (χ0) is 14.4. The van der Waals surface area contributed by atoms with Crippen molar-refractivity contribution in [1.82, 2.24) is 5.32 Å². The summed E-state index contributed by atoms with van der Waals surface area (Å²) >= 11 is 0. The number of benzene rings is 2. The van der Waals surface area contributed by atoms with Gasteiger partial charge in [-0.2, -0.15) is 0 Å². The molecule has 0 aliphatic rings. The van der Waals surface area contributed by atoms with Crippen molar-refractivity contribution in [2.75, 3.05) is 6.54 Å². The van der Waals surface area contributed by atoms with Crippen LogP contribution >= 0.6 is 0 Å². The van der Waals surface area contributed by atoms with E-state index in [1.165, 1.54) is 16.7 Å². The first kappa shape index (κ1) is 14.6. The molecule has 106 valence electrons. The van der Waals surface area contributed by atoms with Crippen molar-refractivity contribution >= 4 is 0 Å². The molecule has 1 unspecified atom stereocenters. The van der Waals surface area contributed by atoms with Crippen LogP contribution in [0.5, 0.6) is 5.75 Å². The second-order valence-electron chi connectivity index (χ2n) is 5.18. The van der Waals surface area contributed by atoms with Crippen LogP contribution in [0, 0.1) is 6.92 Å². The van der Waals surface area contributed by atoms with Crippen LogP contribution in [0.1, 0.15) is 36.1 Å². The van der Waals surface area contributed by atoms with Crippen molar-refractivity contribution in [3.05, 3.63) is 65.2 Å². The Labute approximate surface area is 121 Å². The Morgan fingerprint density at radius 1 is 1.05 bits per heavy atom. The number of hydrogen-bond donors (Lipinski definition) is 2. The third-order valence-corrected chi connectivity index (χ3v) is 3.75. The van der Waals surface area contributed by atoms with Crippen molar-refractivity contribution in [2.45, 2.75) is 32.7 Å². The van der Waals surface area contributed by atoms with E-state index in [9.17, 15) is 5.11 Å². The largest absolute Gasteiger partial charge is 0.508 e. The average molecular weight is 269 g/mol. The summed E-state index contributed by atoms with van der Waals surface area (Å²) < 4.78 is 0. The van der Waals surface area contributed by atoms with Gasteiger partial charge in [0.1, 0.15) is 5.75 Å². The maximum Gasteiger partial charge on any atom is 0.115 e. The molecular weight excluding hydrogens is 246 g/mol. The lowest BCUT2D eigenvalue weighted by atomic mass is 10.0. The standard InChI is InChI=1S/C18H23NO/c1-3-18(16-8-10-17(20)11-9-16)19-13-12-15-7-5-4-6-14(15)2/h4-11,18-20H,3,12-13H2,1-2H3. The Kier molecular flexibility index (Phi) is 5.19. The SMILES string of the molecule is CCC(NCCc1ccccc1C)c1ccc(O)cc1. The number of aromatic hydroxyl groups is 1. The van der Waals surface area contributed by atoms with Gasteiger partial charge in [-0.1, -0.05) is 43.3 Å². The van der Waals surface area contributed by atoms with Gasteiger partial charge in [-0.05, 0) is 55.1 Å². The van der Waals surface area contributed by atoms with Crippen molar-refractivity contribution in [3.63, 3.8) is 0 Å². The highest BCUT2D eigenvalue weighted by molar-refractivity contribution is 5.28. The summed E-state index contributed by atoms with van der Waals surface area (Å²) in [6, 6.07) is 16.4. The molecule has 2 aromatic rings. The molecule has 0 saturated carbocycles. The Morgan fingerprint density at radius 2 is 1.75 bits per heavy atom. The highest BCUT2D eigenvalue weighted by Crippen LogP contribution is 2.19. The van der Waals surface area contributed by atoms with Crippen molar-refractivity contribution in [2.24, 2.45) is 0 Å². The van der Waals surface area contributed by atoms with Gasteiger partial charge in [-0.15, -0.1) is 0 Å². The van der Waals surface area contributed by atoms with Crippen molar-refractivity contribution in [3.8, 4) is 5.75 Å². The van der Waals surface area contributed by atoms with Gasteiger partial charge < -0.3 is 10.4 Å². The van der Waals surface area contributed by atoms with Crippen LogP contribution in [0.15, 0.2) is 48.5 Å². The maximum atomic E-state index is 9.35. The van der Waals surface area contributed by atoms with Gasteiger partial charge >= 0.3 is 0 Å². The van der Waals surface area contributed by atoms with E-state index in [0.717, 1.165) is 19.4 Å². The van der Waals surface area contributed by atoms with Gasteiger partial charge in [0.2, 0.25) is 0 Å². The molecule has 0 radical (unpaired) electrons. The van der Waals surface area contributed by atoms with Gasteiger partial charge in [0, 0.05) is 6.04 Å². The van der Waals surface area contributed by atoms with Crippen LogP contribution in [0.4, 0.5) is 0 Å². The normalized spacial score (nSPS) is 12.3. The Hall–Kier alpha value is -1.80. The smallest absolute Gasteiger partial charge is 0.115 e. The quantitative estimate of drug-likeness (QED) is 0.831. The molecule has 0 aromatic heterocycles. The topological polar surface area (TPSA) is 32.3 Å². The van der Waals surface area contributed by atoms with E-state index in [2.05, 4.69) is 43.4 Å². The minimum Gasteiger partial charge on any atom is -0.508 e. The van der Waals surface area contributed by atoms with E-state index in [1.807, 2.05) is 12.1 Å². The van der Waals surface area contributed by atoms with Gasteiger partial charge in [0.15, 0.2) is 0 Å². The summed E-state index contributed by atoms with van der Waals surface area (Å²) in [5.74, 6) is 0.323. The molecule has 0 fully saturated rings. The van der Waals surface area contributed by atoms with E-state index in [1.54, 1.807) is 12.1 Å². The molecule has 2 aromatic carbocycles. The second-order valence-corrected chi connectivity index (χ2v) is 5.18. The Bertz CT molecular complexity index is 533. The summed E-state index contributed by atoms with van der Waals surface area (Å²) in [4.78, 5) is 0. The third-order valence-electron chi connectivity index (χ3n) is 3.75. The highest BCUT2D eigenvalue weighted by Gasteiger charge is 2.08. The molecule has 0 aliphatic carbocycles. The lowest BCUT2D eigenvalue weighted by molar-refractivity contribution is 0.473. The van der Waals surface area contributed by atoms with Crippen LogP contribution in [0.3, 0.4) is 0 Å². The molecule has 0 bridgehead atoms. The highest BCUT2D eigenvalue weighted by atomic mass is 16.3. The van der Waals surface area contributed by atoms with Crippen LogP contribution in [0.2, 0.25) is 0 Å². The molecule has 2 N–H and O–H groups in total. The Balaban J connectivity index is 1.91. The van der Waals surface area contributed by atoms with E-state index >= 15 is 0 Å². The first-order valence-corrected chi connectivity index (χ1v) is 7.27. The predicted molar refractivity (Wildman–Crippen MR) is 84.0 cm³/mol. The van der Waals surface area contributed by atoms with E-state index in [-0.39, 0.29) is 0 Å². The van der Waals surface area contributed by atoms with E-state index in [4.69, 9.17) is 0 Å². The first-order chi connectivity index (χ1) is 9.70. The van der Waals surface area contributed by atoms with E-state index in [0.29, 0.717) is 11.8 Å². The fourth-order valence-corrected chi connectivity index (χ4v) is 2.48. The molecule has 0 amide bonds. The minimum atomic E-state index is 0.323. The number of aryl methyl sites for hydroxylation is 1. The van der Waals surface area contributed by atoms with Crippen molar-refractivity contribution < 1.29 is 5.11 Å². The zero-order valence-electron chi connectivity index (χ0n) is 12.3. The van der Waals surface area contributed by atoms with E-state index < -0.39 is 0 Å². The fourth-order valence-electron chi connectivity index (χ4n) is 2.48. The lowest BCUT2D eigenvalue weighted by Gasteiger charge is -2.18. The molecule has 0 saturated heterocycles. The fraction of sp³-hybridized carbons (Fsp3) is 0.333. The third kappa shape index (κ3) is 3.84. The number of nitrogens with one attached hydrogen (secondary N) is 1. The van der Waals surface area contributed by atoms with Crippen LogP contribution in [-0.4, -0.2) is 11.7 Å². The maximum absolute atomic E-state index is 9.35. The molecule has 0 spiro atoms. The number of phenolic OH excluding ortho intramolecular Hbond substituents is 1. The number of hydrogen-bond acceptors (Lipinski definition) is 2. The van der Waals surface area contributed by atoms with Crippen molar-refractivity contribution in [1.29, 1.82) is 0 Å². The molecular formula is C18H23NO. The predicted octanol–water partition coefficient (Wildman–Crippen LogP) is 3.98. The van der Waals surface area contributed by atoms with Gasteiger partial charge in [-0.3, -0.25) is 0 Å². The van der Waals surface area contributed by atoms with Gasteiger partial charge in [0.05, 0.1) is 0 Å². The molecule has 0 aliphatic heterocycles. The number of phenols is 1. The summed E-state index contributed by atoms with van der Waals surface area (Å²) in [5, 5.41) is 12.9. The van der Waals surface area contributed by atoms with Gasteiger partial charge in [-0.25, -0.2) is 0 Å². The monoisotopic (exact) mass is 269 g/mol. The van der Waals surface area contributed by atoms with Crippen LogP contribution in [-0.2, 0) is 6.42 Å². The van der Waals surface area contributed by atoms with Crippen LogP contribution < -0.4 is 5.32 Å². The average Bonchev–Trinajstić information content (AvgIpc) is 2.47. The molecule has 1 atom stereocenters. The minimum absolute atomic E-state index is 0.323. The summed E-state index contributed by atoms with van der Waals surface area (Å²) in [6.07, 6.45) is 2.08. The molecule has 20 heavy (non-hydrogen) atoms. The molecule has 2 heteroatoms. The second kappa shape index (κ2) is 7.11. The first-order valence-electron chi connectivity index (χ1n) is 7.27.